The Morgan fingerprint density at radius 2 is 1.94 bits per heavy atom. The predicted octanol–water partition coefficient (Wildman–Crippen LogP) is 0.101. The van der Waals surface area contributed by atoms with E-state index in [0.29, 0.717) is 0 Å². The lowest BCUT2D eigenvalue weighted by molar-refractivity contribution is -0.120. The number of sulfonamides is 1. The Bertz CT molecular complexity index is 495. The van der Waals surface area contributed by atoms with E-state index < -0.39 is 15.9 Å². The number of carbonyl (C=O) groups excluding carboxylic acids is 1. The van der Waals surface area contributed by atoms with Crippen molar-refractivity contribution in [3.8, 4) is 0 Å². The third-order valence-electron chi connectivity index (χ3n) is 2.64. The highest BCUT2D eigenvalue weighted by Gasteiger charge is 2.23. The first-order chi connectivity index (χ1) is 8.08. The molecule has 1 heterocycles. The SMILES string of the molecule is O=C(CC1CNC1)NS(=O)(=O)c1ccccc1. The molecule has 0 aliphatic carbocycles. The van der Waals surface area contributed by atoms with Crippen LogP contribution in [0.25, 0.3) is 0 Å². The van der Waals surface area contributed by atoms with Crippen LogP contribution in [-0.2, 0) is 14.8 Å². The van der Waals surface area contributed by atoms with Gasteiger partial charge < -0.3 is 5.32 Å². The van der Waals surface area contributed by atoms with Gasteiger partial charge in [0.15, 0.2) is 0 Å². The molecule has 0 spiro atoms. The molecule has 5 nitrogen and oxygen atoms in total. The number of benzene rings is 1. The lowest BCUT2D eigenvalue weighted by Crippen LogP contribution is -2.45. The first-order valence-electron chi connectivity index (χ1n) is 5.39. The molecule has 1 amide bonds. The molecule has 0 radical (unpaired) electrons. The van der Waals surface area contributed by atoms with Gasteiger partial charge in [0.2, 0.25) is 5.91 Å². The van der Waals surface area contributed by atoms with E-state index >= 15 is 0 Å². The van der Waals surface area contributed by atoms with E-state index in [4.69, 9.17) is 0 Å². The van der Waals surface area contributed by atoms with Gasteiger partial charge in [-0.05, 0) is 31.1 Å². The molecule has 1 aliphatic rings. The van der Waals surface area contributed by atoms with Gasteiger partial charge in [-0.3, -0.25) is 4.79 Å². The summed E-state index contributed by atoms with van der Waals surface area (Å²) < 4.78 is 25.6. The summed E-state index contributed by atoms with van der Waals surface area (Å²) in [6, 6.07) is 7.88. The minimum atomic E-state index is -3.71. The number of carbonyl (C=O) groups is 1. The van der Waals surface area contributed by atoms with Gasteiger partial charge in [-0.15, -0.1) is 0 Å². The third kappa shape index (κ3) is 3.04. The highest BCUT2D eigenvalue weighted by Crippen LogP contribution is 2.10. The molecule has 1 aromatic carbocycles. The summed E-state index contributed by atoms with van der Waals surface area (Å²) in [5.41, 5.74) is 0. The van der Waals surface area contributed by atoms with Gasteiger partial charge in [0.25, 0.3) is 10.0 Å². The van der Waals surface area contributed by atoms with Crippen LogP contribution in [-0.4, -0.2) is 27.4 Å². The zero-order valence-electron chi connectivity index (χ0n) is 9.22. The van der Waals surface area contributed by atoms with Crippen LogP contribution < -0.4 is 10.0 Å². The van der Waals surface area contributed by atoms with E-state index in [9.17, 15) is 13.2 Å². The van der Waals surface area contributed by atoms with E-state index in [0.717, 1.165) is 13.1 Å². The third-order valence-corrected chi connectivity index (χ3v) is 4.03. The van der Waals surface area contributed by atoms with E-state index in [1.165, 1.54) is 12.1 Å². The molecule has 92 valence electrons. The van der Waals surface area contributed by atoms with Crippen molar-refractivity contribution < 1.29 is 13.2 Å². The second-order valence-corrected chi connectivity index (χ2v) is 5.75. The van der Waals surface area contributed by atoms with Crippen LogP contribution in [0.15, 0.2) is 35.2 Å². The van der Waals surface area contributed by atoms with Gasteiger partial charge in [0, 0.05) is 6.42 Å². The standard InChI is InChI=1S/C11H14N2O3S/c14-11(6-9-7-12-8-9)13-17(15,16)10-4-2-1-3-5-10/h1-5,9,12H,6-8H2,(H,13,14). The molecular weight excluding hydrogens is 240 g/mol. The second-order valence-electron chi connectivity index (χ2n) is 4.07. The molecule has 1 aliphatic heterocycles. The van der Waals surface area contributed by atoms with Crippen LogP contribution in [0.3, 0.4) is 0 Å². The molecule has 0 aromatic heterocycles. The van der Waals surface area contributed by atoms with E-state index in [1.807, 2.05) is 0 Å². The maximum absolute atomic E-state index is 11.8. The monoisotopic (exact) mass is 254 g/mol. The largest absolute Gasteiger partial charge is 0.316 e. The van der Waals surface area contributed by atoms with Crippen LogP contribution in [0, 0.1) is 5.92 Å². The Morgan fingerprint density at radius 3 is 2.47 bits per heavy atom. The Labute approximate surface area is 100 Å². The molecule has 0 bridgehead atoms. The van der Waals surface area contributed by atoms with Crippen molar-refractivity contribution in [2.45, 2.75) is 11.3 Å². The average Bonchev–Trinajstić information content (AvgIpc) is 2.24. The summed E-state index contributed by atoms with van der Waals surface area (Å²) in [7, 11) is -3.71. The van der Waals surface area contributed by atoms with Crippen molar-refractivity contribution in [2.75, 3.05) is 13.1 Å². The molecule has 6 heteroatoms. The minimum absolute atomic E-state index is 0.111. The molecule has 2 N–H and O–H groups in total. The van der Waals surface area contributed by atoms with Gasteiger partial charge in [-0.2, -0.15) is 0 Å². The number of hydrogen-bond donors (Lipinski definition) is 2. The Morgan fingerprint density at radius 1 is 1.29 bits per heavy atom. The quantitative estimate of drug-likeness (QED) is 0.799. The molecule has 17 heavy (non-hydrogen) atoms. The van der Waals surface area contributed by atoms with Crippen LogP contribution in [0.1, 0.15) is 6.42 Å². The Hall–Kier alpha value is -1.40. The summed E-state index contributed by atoms with van der Waals surface area (Å²) in [5, 5.41) is 3.03. The van der Waals surface area contributed by atoms with Crippen LogP contribution in [0.2, 0.25) is 0 Å². The average molecular weight is 254 g/mol. The topological polar surface area (TPSA) is 75.3 Å². The fourth-order valence-corrected chi connectivity index (χ4v) is 2.62. The molecule has 0 unspecified atom stereocenters. The van der Waals surface area contributed by atoms with Gasteiger partial charge in [0.05, 0.1) is 4.90 Å². The Balaban J connectivity index is 1.99. The smallest absolute Gasteiger partial charge is 0.264 e. The summed E-state index contributed by atoms with van der Waals surface area (Å²) in [6.07, 6.45) is 0.249. The molecule has 0 atom stereocenters. The lowest BCUT2D eigenvalue weighted by atomic mass is 9.99. The van der Waals surface area contributed by atoms with Crippen LogP contribution >= 0.6 is 0 Å². The number of nitrogens with one attached hydrogen (secondary N) is 2. The predicted molar refractivity (Wildman–Crippen MR) is 62.7 cm³/mol. The van der Waals surface area contributed by atoms with E-state index in [-0.39, 0.29) is 17.2 Å². The maximum Gasteiger partial charge on any atom is 0.264 e. The van der Waals surface area contributed by atoms with Crippen molar-refractivity contribution in [1.82, 2.24) is 10.0 Å². The number of amides is 1. The molecule has 0 saturated carbocycles. The summed E-state index contributed by atoms with van der Waals surface area (Å²) in [6.45, 7) is 1.55. The molecule has 1 fully saturated rings. The fraction of sp³-hybridized carbons (Fsp3) is 0.364. The lowest BCUT2D eigenvalue weighted by Gasteiger charge is -2.26. The summed E-state index contributed by atoms with van der Waals surface area (Å²) in [4.78, 5) is 11.6. The molecule has 1 saturated heterocycles. The van der Waals surface area contributed by atoms with Crippen molar-refractivity contribution in [3.05, 3.63) is 30.3 Å². The van der Waals surface area contributed by atoms with Gasteiger partial charge >= 0.3 is 0 Å². The minimum Gasteiger partial charge on any atom is -0.316 e. The van der Waals surface area contributed by atoms with Crippen molar-refractivity contribution >= 4 is 15.9 Å². The molecule has 2 rings (SSSR count). The highest BCUT2D eigenvalue weighted by molar-refractivity contribution is 7.90. The highest BCUT2D eigenvalue weighted by atomic mass is 32.2. The molecular formula is C11H14N2O3S. The van der Waals surface area contributed by atoms with Gasteiger partial charge in [0.1, 0.15) is 0 Å². The normalized spacial score (nSPS) is 16.2. The molecule has 1 aromatic rings. The maximum atomic E-state index is 11.8. The van der Waals surface area contributed by atoms with Crippen LogP contribution in [0.5, 0.6) is 0 Å². The summed E-state index contributed by atoms with van der Waals surface area (Å²) >= 11 is 0. The first-order valence-corrected chi connectivity index (χ1v) is 6.87. The van der Waals surface area contributed by atoms with Gasteiger partial charge in [-0.25, -0.2) is 13.1 Å². The van der Waals surface area contributed by atoms with E-state index in [1.54, 1.807) is 18.2 Å². The van der Waals surface area contributed by atoms with Crippen LogP contribution in [0.4, 0.5) is 0 Å². The fourth-order valence-electron chi connectivity index (χ4n) is 1.61. The van der Waals surface area contributed by atoms with Crippen molar-refractivity contribution in [1.29, 1.82) is 0 Å². The number of rotatable bonds is 4. The Kier molecular flexibility index (Phi) is 3.44. The summed E-state index contributed by atoms with van der Waals surface area (Å²) in [5.74, 6) is -0.193. The first kappa shape index (κ1) is 12.1. The van der Waals surface area contributed by atoms with Gasteiger partial charge in [-0.1, -0.05) is 18.2 Å². The number of hydrogen-bond acceptors (Lipinski definition) is 4. The van der Waals surface area contributed by atoms with Crippen molar-refractivity contribution in [3.63, 3.8) is 0 Å². The second kappa shape index (κ2) is 4.85. The zero-order valence-corrected chi connectivity index (χ0v) is 10.0. The zero-order chi connectivity index (χ0) is 12.3. The van der Waals surface area contributed by atoms with Crippen molar-refractivity contribution in [2.24, 2.45) is 5.92 Å². The van der Waals surface area contributed by atoms with E-state index in [2.05, 4.69) is 10.0 Å².